The summed E-state index contributed by atoms with van der Waals surface area (Å²) in [6.07, 6.45) is 3.75. The fourth-order valence-electron chi connectivity index (χ4n) is 1.67. The molecule has 2 rings (SSSR count). The molecule has 1 aromatic rings. The summed E-state index contributed by atoms with van der Waals surface area (Å²) in [5, 5.41) is 3.59. The molecular weight excluding hydrogens is 192 g/mol. The van der Waals surface area contributed by atoms with Crippen LogP contribution in [0.2, 0.25) is 0 Å². The SMILES string of the molecule is CC1CSCC1NCc1cccnc1. The normalized spacial score (nSPS) is 26.6. The Hall–Kier alpha value is -0.540. The van der Waals surface area contributed by atoms with E-state index in [0.717, 1.165) is 12.5 Å². The van der Waals surface area contributed by atoms with E-state index < -0.39 is 0 Å². The number of aromatic nitrogens is 1. The molecule has 1 aliphatic heterocycles. The van der Waals surface area contributed by atoms with Crippen molar-refractivity contribution in [2.24, 2.45) is 5.92 Å². The van der Waals surface area contributed by atoms with Crippen molar-refractivity contribution in [2.45, 2.75) is 19.5 Å². The van der Waals surface area contributed by atoms with E-state index in [1.165, 1.54) is 17.1 Å². The summed E-state index contributed by atoms with van der Waals surface area (Å²) in [6, 6.07) is 4.79. The highest BCUT2D eigenvalue weighted by atomic mass is 32.2. The summed E-state index contributed by atoms with van der Waals surface area (Å²) in [5.74, 6) is 3.35. The molecule has 0 spiro atoms. The first kappa shape index (κ1) is 9.99. The van der Waals surface area contributed by atoms with Crippen molar-refractivity contribution in [3.8, 4) is 0 Å². The van der Waals surface area contributed by atoms with Gasteiger partial charge in [0, 0.05) is 30.7 Å². The van der Waals surface area contributed by atoms with E-state index in [-0.39, 0.29) is 0 Å². The van der Waals surface area contributed by atoms with Crippen LogP contribution in [0.25, 0.3) is 0 Å². The molecule has 0 aliphatic carbocycles. The van der Waals surface area contributed by atoms with Gasteiger partial charge in [-0.25, -0.2) is 0 Å². The fraction of sp³-hybridized carbons (Fsp3) is 0.545. The Labute approximate surface area is 89.5 Å². The van der Waals surface area contributed by atoms with Crippen molar-refractivity contribution in [1.29, 1.82) is 0 Å². The van der Waals surface area contributed by atoms with Gasteiger partial charge in [0.1, 0.15) is 0 Å². The van der Waals surface area contributed by atoms with E-state index in [2.05, 4.69) is 23.3 Å². The molecule has 2 unspecified atom stereocenters. The molecule has 3 heteroatoms. The molecule has 0 aromatic carbocycles. The van der Waals surface area contributed by atoms with E-state index >= 15 is 0 Å². The minimum Gasteiger partial charge on any atom is -0.309 e. The minimum atomic E-state index is 0.681. The Kier molecular flexibility index (Phi) is 3.43. The number of hydrogen-bond acceptors (Lipinski definition) is 3. The quantitative estimate of drug-likeness (QED) is 0.821. The van der Waals surface area contributed by atoms with Crippen LogP contribution < -0.4 is 5.32 Å². The molecule has 2 nitrogen and oxygen atoms in total. The molecule has 1 saturated heterocycles. The fourth-order valence-corrected chi connectivity index (χ4v) is 3.11. The van der Waals surface area contributed by atoms with Gasteiger partial charge < -0.3 is 5.32 Å². The van der Waals surface area contributed by atoms with Crippen LogP contribution in [-0.2, 0) is 6.54 Å². The van der Waals surface area contributed by atoms with Gasteiger partial charge in [-0.1, -0.05) is 13.0 Å². The third-order valence-corrected chi connectivity index (χ3v) is 4.01. The molecule has 1 aromatic heterocycles. The largest absolute Gasteiger partial charge is 0.309 e. The van der Waals surface area contributed by atoms with Crippen molar-refractivity contribution in [1.82, 2.24) is 10.3 Å². The van der Waals surface area contributed by atoms with Gasteiger partial charge in [0.05, 0.1) is 0 Å². The molecule has 1 fully saturated rings. The Morgan fingerprint density at radius 1 is 1.57 bits per heavy atom. The number of thioether (sulfide) groups is 1. The molecule has 1 N–H and O–H groups in total. The second kappa shape index (κ2) is 4.80. The van der Waals surface area contributed by atoms with E-state index in [1.54, 1.807) is 0 Å². The van der Waals surface area contributed by atoms with Gasteiger partial charge in [-0.2, -0.15) is 11.8 Å². The van der Waals surface area contributed by atoms with Gasteiger partial charge in [-0.05, 0) is 23.3 Å². The van der Waals surface area contributed by atoms with E-state index in [9.17, 15) is 0 Å². The monoisotopic (exact) mass is 208 g/mol. The lowest BCUT2D eigenvalue weighted by Crippen LogP contribution is -2.33. The first-order valence-corrected chi connectivity index (χ1v) is 6.22. The summed E-state index contributed by atoms with van der Waals surface area (Å²) in [6.45, 7) is 3.27. The van der Waals surface area contributed by atoms with Crippen LogP contribution in [0.4, 0.5) is 0 Å². The van der Waals surface area contributed by atoms with E-state index in [4.69, 9.17) is 0 Å². The number of rotatable bonds is 3. The maximum atomic E-state index is 4.10. The van der Waals surface area contributed by atoms with Crippen LogP contribution >= 0.6 is 11.8 Å². The molecule has 0 bridgehead atoms. The molecule has 14 heavy (non-hydrogen) atoms. The minimum absolute atomic E-state index is 0.681. The second-order valence-electron chi connectivity index (χ2n) is 3.86. The highest BCUT2D eigenvalue weighted by molar-refractivity contribution is 7.99. The van der Waals surface area contributed by atoms with Gasteiger partial charge in [0.2, 0.25) is 0 Å². The van der Waals surface area contributed by atoms with Crippen LogP contribution in [0.1, 0.15) is 12.5 Å². The van der Waals surface area contributed by atoms with Crippen LogP contribution in [0.15, 0.2) is 24.5 Å². The zero-order valence-electron chi connectivity index (χ0n) is 8.44. The summed E-state index contributed by atoms with van der Waals surface area (Å²) in [7, 11) is 0. The van der Waals surface area contributed by atoms with E-state index in [1.807, 2.05) is 30.2 Å². The van der Waals surface area contributed by atoms with Gasteiger partial charge in [-0.15, -0.1) is 0 Å². The maximum Gasteiger partial charge on any atom is 0.0312 e. The number of nitrogens with one attached hydrogen (secondary N) is 1. The molecular formula is C11H16N2S. The first-order chi connectivity index (χ1) is 6.86. The number of pyridine rings is 1. The molecule has 1 aliphatic rings. The highest BCUT2D eigenvalue weighted by Crippen LogP contribution is 2.23. The van der Waals surface area contributed by atoms with Crippen molar-refractivity contribution >= 4 is 11.8 Å². The topological polar surface area (TPSA) is 24.9 Å². The number of hydrogen-bond donors (Lipinski definition) is 1. The second-order valence-corrected chi connectivity index (χ2v) is 4.94. The molecule has 0 saturated carbocycles. The summed E-state index contributed by atoms with van der Waals surface area (Å²) >= 11 is 2.05. The lowest BCUT2D eigenvalue weighted by molar-refractivity contribution is 0.453. The lowest BCUT2D eigenvalue weighted by Gasteiger charge is -2.15. The predicted octanol–water partition coefficient (Wildman–Crippen LogP) is 1.92. The van der Waals surface area contributed by atoms with Crippen molar-refractivity contribution in [3.63, 3.8) is 0 Å². The summed E-state index contributed by atoms with van der Waals surface area (Å²) < 4.78 is 0. The highest BCUT2D eigenvalue weighted by Gasteiger charge is 2.22. The summed E-state index contributed by atoms with van der Waals surface area (Å²) in [4.78, 5) is 4.10. The Morgan fingerprint density at radius 3 is 3.14 bits per heavy atom. The Bertz CT molecular complexity index is 276. The van der Waals surface area contributed by atoms with Crippen LogP contribution in [0, 0.1) is 5.92 Å². The van der Waals surface area contributed by atoms with Gasteiger partial charge >= 0.3 is 0 Å². The average Bonchev–Trinajstić information content (AvgIpc) is 2.63. The molecule has 0 radical (unpaired) electrons. The first-order valence-electron chi connectivity index (χ1n) is 5.06. The standard InChI is InChI=1S/C11H16N2S/c1-9-7-14-8-11(9)13-6-10-3-2-4-12-5-10/h2-5,9,11,13H,6-8H2,1H3. The third-order valence-electron chi connectivity index (χ3n) is 2.66. The number of nitrogens with zero attached hydrogens (tertiary/aromatic N) is 1. The van der Waals surface area contributed by atoms with E-state index in [0.29, 0.717) is 6.04 Å². The average molecular weight is 208 g/mol. The van der Waals surface area contributed by atoms with Gasteiger partial charge in [-0.3, -0.25) is 4.98 Å². The molecule has 2 atom stereocenters. The third kappa shape index (κ3) is 2.49. The van der Waals surface area contributed by atoms with Crippen LogP contribution in [-0.4, -0.2) is 22.5 Å². The van der Waals surface area contributed by atoms with Gasteiger partial charge in [0.25, 0.3) is 0 Å². The maximum absolute atomic E-state index is 4.10. The Balaban J connectivity index is 1.82. The lowest BCUT2D eigenvalue weighted by atomic mass is 10.1. The van der Waals surface area contributed by atoms with Crippen LogP contribution in [0.3, 0.4) is 0 Å². The predicted molar refractivity (Wildman–Crippen MR) is 61.4 cm³/mol. The molecule has 0 amide bonds. The Morgan fingerprint density at radius 2 is 2.50 bits per heavy atom. The van der Waals surface area contributed by atoms with Crippen LogP contribution in [0.5, 0.6) is 0 Å². The molecule has 76 valence electrons. The molecule has 2 heterocycles. The smallest absolute Gasteiger partial charge is 0.0312 e. The summed E-state index contributed by atoms with van der Waals surface area (Å²) in [5.41, 5.74) is 1.27. The zero-order chi connectivity index (χ0) is 9.80. The van der Waals surface area contributed by atoms with Crippen molar-refractivity contribution in [3.05, 3.63) is 30.1 Å². The van der Waals surface area contributed by atoms with Crippen molar-refractivity contribution < 1.29 is 0 Å². The zero-order valence-corrected chi connectivity index (χ0v) is 9.26. The van der Waals surface area contributed by atoms with Crippen molar-refractivity contribution in [2.75, 3.05) is 11.5 Å². The van der Waals surface area contributed by atoms with Gasteiger partial charge in [0.15, 0.2) is 0 Å².